The van der Waals surface area contributed by atoms with Gasteiger partial charge in [-0.3, -0.25) is 25.0 Å². The Morgan fingerprint density at radius 2 is 1.69 bits per heavy atom. The molecule has 1 aliphatic rings. The number of aromatic nitrogens is 7. The molecule has 2 N–H and O–H groups in total. The number of hydrogen-bond acceptors (Lipinski definition) is 6. The predicted octanol–water partition coefficient (Wildman–Crippen LogP) is 5.89. The fraction of sp³-hybridized carbons (Fsp3) is 0.207. The molecule has 1 saturated heterocycles. The maximum absolute atomic E-state index is 16.1. The SMILES string of the molecule is Fc1ccccc1-c1cncc2[nH]c(-c3n[nH]c4cnc(-c5cncc(CN6CCCCC6)c5)c(F)c34)nc12. The maximum atomic E-state index is 16.1. The summed E-state index contributed by atoms with van der Waals surface area (Å²) in [5.41, 5.74) is 4.60. The van der Waals surface area contributed by atoms with Gasteiger partial charge in [0.15, 0.2) is 11.6 Å². The van der Waals surface area contributed by atoms with Crippen LogP contribution in [-0.4, -0.2) is 53.1 Å². The molecular weight excluding hydrogens is 498 g/mol. The van der Waals surface area contributed by atoms with Crippen LogP contribution in [0.4, 0.5) is 8.78 Å². The Labute approximate surface area is 222 Å². The van der Waals surface area contributed by atoms with Crippen LogP contribution in [0.25, 0.3) is 55.8 Å². The average molecular weight is 523 g/mol. The number of halogens is 2. The Morgan fingerprint density at radius 1 is 0.846 bits per heavy atom. The monoisotopic (exact) mass is 522 g/mol. The molecule has 7 rings (SSSR count). The van der Waals surface area contributed by atoms with E-state index in [1.54, 1.807) is 43.0 Å². The van der Waals surface area contributed by atoms with Gasteiger partial charge < -0.3 is 4.98 Å². The molecular formula is C29H24F2N8. The smallest absolute Gasteiger partial charge is 0.161 e. The third kappa shape index (κ3) is 4.22. The molecule has 0 aliphatic carbocycles. The summed E-state index contributed by atoms with van der Waals surface area (Å²) >= 11 is 0. The molecule has 0 amide bonds. The second-order valence-electron chi connectivity index (χ2n) is 9.85. The summed E-state index contributed by atoms with van der Waals surface area (Å²) in [7, 11) is 0. The van der Waals surface area contributed by atoms with Crippen molar-refractivity contribution in [3.63, 3.8) is 0 Å². The van der Waals surface area contributed by atoms with Gasteiger partial charge in [-0.05, 0) is 43.6 Å². The third-order valence-electron chi connectivity index (χ3n) is 7.25. The number of nitrogens with zero attached hydrogens (tertiary/aromatic N) is 6. The van der Waals surface area contributed by atoms with Crippen molar-refractivity contribution in [2.45, 2.75) is 25.8 Å². The average Bonchev–Trinajstić information content (AvgIpc) is 3.59. The second-order valence-corrected chi connectivity index (χ2v) is 9.85. The first-order valence-electron chi connectivity index (χ1n) is 12.9. The summed E-state index contributed by atoms with van der Waals surface area (Å²) in [4.78, 5) is 23.3. The molecule has 1 aromatic carbocycles. The third-order valence-corrected chi connectivity index (χ3v) is 7.25. The number of hydrogen-bond donors (Lipinski definition) is 2. The van der Waals surface area contributed by atoms with Gasteiger partial charge in [0, 0.05) is 41.8 Å². The predicted molar refractivity (Wildman–Crippen MR) is 144 cm³/mol. The lowest BCUT2D eigenvalue weighted by atomic mass is 10.1. The molecule has 0 bridgehead atoms. The van der Waals surface area contributed by atoms with Crippen molar-refractivity contribution in [2.24, 2.45) is 0 Å². The molecule has 8 nitrogen and oxygen atoms in total. The Morgan fingerprint density at radius 3 is 2.56 bits per heavy atom. The molecule has 0 radical (unpaired) electrons. The normalized spacial score (nSPS) is 14.4. The van der Waals surface area contributed by atoms with Gasteiger partial charge in [0.25, 0.3) is 0 Å². The zero-order chi connectivity index (χ0) is 26.3. The van der Waals surface area contributed by atoms with Gasteiger partial charge in [0.2, 0.25) is 0 Å². The van der Waals surface area contributed by atoms with Crippen LogP contribution >= 0.6 is 0 Å². The highest BCUT2D eigenvalue weighted by atomic mass is 19.1. The highest BCUT2D eigenvalue weighted by molar-refractivity contribution is 5.97. The van der Waals surface area contributed by atoms with Crippen molar-refractivity contribution < 1.29 is 8.78 Å². The minimum absolute atomic E-state index is 0.197. The van der Waals surface area contributed by atoms with Crippen molar-refractivity contribution in [2.75, 3.05) is 13.1 Å². The molecule has 10 heteroatoms. The van der Waals surface area contributed by atoms with Gasteiger partial charge in [0.05, 0.1) is 28.8 Å². The van der Waals surface area contributed by atoms with Crippen molar-refractivity contribution in [1.82, 2.24) is 40.0 Å². The Balaban J connectivity index is 1.30. The van der Waals surface area contributed by atoms with Crippen LogP contribution in [0, 0.1) is 11.6 Å². The number of rotatable bonds is 5. The molecule has 0 spiro atoms. The first-order valence-corrected chi connectivity index (χ1v) is 12.9. The van der Waals surface area contributed by atoms with Crippen LogP contribution in [0.5, 0.6) is 0 Å². The van der Waals surface area contributed by atoms with Gasteiger partial charge in [-0.15, -0.1) is 0 Å². The van der Waals surface area contributed by atoms with Gasteiger partial charge >= 0.3 is 0 Å². The van der Waals surface area contributed by atoms with E-state index in [0.717, 1.165) is 25.2 Å². The highest BCUT2D eigenvalue weighted by Crippen LogP contribution is 2.34. The molecule has 1 aliphatic heterocycles. The minimum Gasteiger partial charge on any atom is -0.335 e. The number of likely N-dealkylation sites (tertiary alicyclic amines) is 1. The van der Waals surface area contributed by atoms with E-state index >= 15 is 4.39 Å². The quantitative estimate of drug-likeness (QED) is 0.293. The zero-order valence-electron chi connectivity index (χ0n) is 21.0. The Hall–Kier alpha value is -4.57. The lowest BCUT2D eigenvalue weighted by Crippen LogP contribution is -2.29. The highest BCUT2D eigenvalue weighted by Gasteiger charge is 2.22. The molecule has 5 aromatic heterocycles. The van der Waals surface area contributed by atoms with E-state index in [-0.39, 0.29) is 16.9 Å². The molecule has 0 unspecified atom stereocenters. The second kappa shape index (κ2) is 9.63. The summed E-state index contributed by atoms with van der Waals surface area (Å²) < 4.78 is 30.7. The molecule has 6 heterocycles. The van der Waals surface area contributed by atoms with E-state index in [1.165, 1.54) is 25.3 Å². The maximum Gasteiger partial charge on any atom is 0.161 e. The van der Waals surface area contributed by atoms with E-state index in [4.69, 9.17) is 4.98 Å². The van der Waals surface area contributed by atoms with Crippen molar-refractivity contribution in [3.05, 3.63) is 78.5 Å². The van der Waals surface area contributed by atoms with Crippen LogP contribution in [-0.2, 0) is 6.54 Å². The standard InChI is InChI=1S/C29H24F2N8/c30-21-7-3-2-6-19(21)20-13-33-14-23-27(20)36-29(35-23)28-24-22(37-38-28)15-34-26(25(24)31)18-10-17(11-32-12-18)16-39-8-4-1-5-9-39/h2-3,6-7,10-15H,1,4-5,8-9,16H2,(H,35,36)(H,37,38). The zero-order valence-corrected chi connectivity index (χ0v) is 21.0. The van der Waals surface area contributed by atoms with Crippen molar-refractivity contribution in [3.8, 4) is 33.9 Å². The fourth-order valence-electron chi connectivity index (χ4n) is 5.35. The van der Waals surface area contributed by atoms with E-state index in [2.05, 4.69) is 35.0 Å². The van der Waals surface area contributed by atoms with E-state index in [1.807, 2.05) is 12.3 Å². The van der Waals surface area contributed by atoms with Crippen LogP contribution < -0.4 is 0 Å². The van der Waals surface area contributed by atoms with Gasteiger partial charge in [-0.1, -0.05) is 24.6 Å². The lowest BCUT2D eigenvalue weighted by Gasteiger charge is -2.26. The number of pyridine rings is 3. The Kier molecular flexibility index (Phi) is 5.81. The number of H-pyrrole nitrogens is 2. The molecule has 0 atom stereocenters. The number of benzene rings is 1. The molecule has 1 fully saturated rings. The fourth-order valence-corrected chi connectivity index (χ4v) is 5.35. The first kappa shape index (κ1) is 23.5. The largest absolute Gasteiger partial charge is 0.335 e. The van der Waals surface area contributed by atoms with E-state index in [0.29, 0.717) is 44.8 Å². The number of imidazole rings is 1. The molecule has 39 heavy (non-hydrogen) atoms. The molecule has 0 saturated carbocycles. The molecule has 194 valence electrons. The van der Waals surface area contributed by atoms with Crippen molar-refractivity contribution >= 4 is 21.9 Å². The number of fused-ring (bicyclic) bond motifs is 2. The van der Waals surface area contributed by atoms with E-state index in [9.17, 15) is 4.39 Å². The van der Waals surface area contributed by atoms with Gasteiger partial charge in [-0.2, -0.15) is 5.10 Å². The van der Waals surface area contributed by atoms with Crippen LogP contribution in [0.15, 0.2) is 61.3 Å². The van der Waals surface area contributed by atoms with Crippen molar-refractivity contribution in [1.29, 1.82) is 0 Å². The first-order chi connectivity index (χ1) is 19.2. The number of aromatic amines is 2. The van der Waals surface area contributed by atoms with E-state index < -0.39 is 5.82 Å². The summed E-state index contributed by atoms with van der Waals surface area (Å²) in [5.74, 6) is -0.546. The number of piperidine rings is 1. The summed E-state index contributed by atoms with van der Waals surface area (Å²) in [6, 6.07) is 8.41. The van der Waals surface area contributed by atoms with Crippen LogP contribution in [0.3, 0.4) is 0 Å². The topological polar surface area (TPSA) is 99.3 Å². The van der Waals surface area contributed by atoms with Crippen LogP contribution in [0.2, 0.25) is 0 Å². The minimum atomic E-state index is -0.513. The summed E-state index contributed by atoms with van der Waals surface area (Å²) in [6.45, 7) is 2.90. The Bertz CT molecular complexity index is 1820. The van der Waals surface area contributed by atoms with Gasteiger partial charge in [-0.25, -0.2) is 13.8 Å². The van der Waals surface area contributed by atoms with Crippen LogP contribution in [0.1, 0.15) is 24.8 Å². The summed E-state index contributed by atoms with van der Waals surface area (Å²) in [5, 5.41) is 7.48. The molecule has 6 aromatic rings. The summed E-state index contributed by atoms with van der Waals surface area (Å²) in [6.07, 6.45) is 11.9. The lowest BCUT2D eigenvalue weighted by molar-refractivity contribution is 0.220. The number of nitrogens with one attached hydrogen (secondary N) is 2. The van der Waals surface area contributed by atoms with Gasteiger partial charge in [0.1, 0.15) is 22.7 Å².